The molecule has 0 atom stereocenters. The summed E-state index contributed by atoms with van der Waals surface area (Å²) in [5.41, 5.74) is 9.13. The van der Waals surface area contributed by atoms with E-state index >= 15 is 0 Å². The Hall–Kier alpha value is -2.30. The lowest BCUT2D eigenvalue weighted by Gasteiger charge is -1.97. The van der Waals surface area contributed by atoms with Gasteiger partial charge in [-0.15, -0.1) is 0 Å². The molecule has 1 aromatic carbocycles. The van der Waals surface area contributed by atoms with Crippen LogP contribution in [0, 0.1) is 12.7 Å². The van der Waals surface area contributed by atoms with Crippen LogP contribution in [0.5, 0.6) is 0 Å². The molecule has 2 heterocycles. The number of aromatic nitrogens is 3. The standard InChI is InChI=1S/C12H11FN4/c1-6-12(10-5-11(14)17-16-10)8-4-7(13)2-3-9(8)15-6/h2-5,15H,1H3,(H3,14,16,17). The van der Waals surface area contributed by atoms with Crippen molar-refractivity contribution in [2.24, 2.45) is 0 Å². The largest absolute Gasteiger partial charge is 0.382 e. The second kappa shape index (κ2) is 3.35. The second-order valence-electron chi connectivity index (χ2n) is 4.02. The fourth-order valence-electron chi connectivity index (χ4n) is 2.11. The predicted molar refractivity (Wildman–Crippen MR) is 65.0 cm³/mol. The number of fused-ring (bicyclic) bond motifs is 1. The molecular weight excluding hydrogens is 219 g/mol. The molecule has 3 aromatic rings. The number of halogens is 1. The SMILES string of the molecule is Cc1[nH]c2ccc(F)cc2c1-c1cc(N)n[nH]1. The highest BCUT2D eigenvalue weighted by Gasteiger charge is 2.13. The van der Waals surface area contributed by atoms with Crippen LogP contribution in [-0.2, 0) is 0 Å². The number of aromatic amines is 2. The Bertz CT molecular complexity index is 696. The monoisotopic (exact) mass is 230 g/mol. The summed E-state index contributed by atoms with van der Waals surface area (Å²) in [6.07, 6.45) is 0. The number of hydrogen-bond donors (Lipinski definition) is 3. The normalized spacial score (nSPS) is 11.2. The minimum Gasteiger partial charge on any atom is -0.382 e. The van der Waals surface area contributed by atoms with Gasteiger partial charge in [0.2, 0.25) is 0 Å². The maximum Gasteiger partial charge on any atom is 0.145 e. The first-order chi connectivity index (χ1) is 8.15. The Kier molecular flexibility index (Phi) is 1.95. The van der Waals surface area contributed by atoms with Crippen molar-refractivity contribution >= 4 is 16.7 Å². The van der Waals surface area contributed by atoms with Gasteiger partial charge in [-0.25, -0.2) is 4.39 Å². The van der Waals surface area contributed by atoms with Gasteiger partial charge in [0.05, 0.1) is 5.69 Å². The van der Waals surface area contributed by atoms with E-state index in [1.54, 1.807) is 12.1 Å². The van der Waals surface area contributed by atoms with Gasteiger partial charge in [0.15, 0.2) is 0 Å². The highest BCUT2D eigenvalue weighted by molar-refractivity contribution is 5.96. The Labute approximate surface area is 96.6 Å². The van der Waals surface area contributed by atoms with Crippen LogP contribution in [0.25, 0.3) is 22.2 Å². The number of nitrogen functional groups attached to an aromatic ring is 1. The lowest BCUT2D eigenvalue weighted by atomic mass is 10.1. The summed E-state index contributed by atoms with van der Waals surface area (Å²) in [7, 11) is 0. The minimum atomic E-state index is -0.259. The number of anilines is 1. The molecule has 5 heteroatoms. The van der Waals surface area contributed by atoms with Crippen LogP contribution in [0.1, 0.15) is 5.69 Å². The third-order valence-electron chi connectivity index (χ3n) is 2.82. The van der Waals surface area contributed by atoms with Gasteiger partial charge >= 0.3 is 0 Å². The Morgan fingerprint density at radius 3 is 2.82 bits per heavy atom. The quantitative estimate of drug-likeness (QED) is 0.601. The first-order valence-electron chi connectivity index (χ1n) is 5.24. The first kappa shape index (κ1) is 9.89. The average Bonchev–Trinajstić information content (AvgIpc) is 2.81. The van der Waals surface area contributed by atoms with E-state index in [9.17, 15) is 4.39 Å². The van der Waals surface area contributed by atoms with Crippen LogP contribution in [0.2, 0.25) is 0 Å². The number of hydrogen-bond acceptors (Lipinski definition) is 2. The van der Waals surface area contributed by atoms with Crippen molar-refractivity contribution in [2.45, 2.75) is 6.92 Å². The van der Waals surface area contributed by atoms with E-state index in [-0.39, 0.29) is 5.82 Å². The summed E-state index contributed by atoms with van der Waals surface area (Å²) in [5.74, 6) is 0.162. The molecule has 0 bridgehead atoms. The molecule has 0 aliphatic rings. The van der Waals surface area contributed by atoms with Gasteiger partial charge in [-0.1, -0.05) is 0 Å². The molecule has 3 rings (SSSR count). The zero-order chi connectivity index (χ0) is 12.0. The van der Waals surface area contributed by atoms with Crippen molar-refractivity contribution in [3.8, 4) is 11.3 Å². The summed E-state index contributed by atoms with van der Waals surface area (Å²) in [4.78, 5) is 3.21. The lowest BCUT2D eigenvalue weighted by molar-refractivity contribution is 0.630. The van der Waals surface area contributed by atoms with Gasteiger partial charge in [0.25, 0.3) is 0 Å². The van der Waals surface area contributed by atoms with Gasteiger partial charge in [-0.3, -0.25) is 5.10 Å². The molecule has 0 fully saturated rings. The molecule has 0 radical (unpaired) electrons. The Balaban J connectivity index is 2.34. The van der Waals surface area contributed by atoms with Gasteiger partial charge in [-0.2, -0.15) is 5.10 Å². The topological polar surface area (TPSA) is 70.5 Å². The smallest absolute Gasteiger partial charge is 0.145 e. The van der Waals surface area contributed by atoms with Crippen molar-refractivity contribution in [3.05, 3.63) is 35.8 Å². The molecule has 0 spiro atoms. The summed E-state index contributed by atoms with van der Waals surface area (Å²) in [6.45, 7) is 1.93. The molecular formula is C12H11FN4. The number of nitrogens with two attached hydrogens (primary N) is 1. The van der Waals surface area contributed by atoms with Gasteiger partial charge < -0.3 is 10.7 Å². The van der Waals surface area contributed by atoms with E-state index in [2.05, 4.69) is 15.2 Å². The number of rotatable bonds is 1. The van der Waals surface area contributed by atoms with Crippen LogP contribution in [0.3, 0.4) is 0 Å². The molecule has 2 aromatic heterocycles. The molecule has 86 valence electrons. The average molecular weight is 230 g/mol. The van der Waals surface area contributed by atoms with Crippen molar-refractivity contribution < 1.29 is 4.39 Å². The first-order valence-corrected chi connectivity index (χ1v) is 5.24. The maximum absolute atomic E-state index is 13.3. The van der Waals surface area contributed by atoms with Crippen molar-refractivity contribution in [2.75, 3.05) is 5.73 Å². The lowest BCUT2D eigenvalue weighted by Crippen LogP contribution is -1.81. The fraction of sp³-hybridized carbons (Fsp3) is 0.0833. The Morgan fingerprint density at radius 1 is 1.29 bits per heavy atom. The number of aryl methyl sites for hydroxylation is 1. The molecule has 0 unspecified atom stereocenters. The van der Waals surface area contributed by atoms with E-state index in [1.165, 1.54) is 12.1 Å². The fourth-order valence-corrected chi connectivity index (χ4v) is 2.11. The van der Waals surface area contributed by atoms with E-state index in [0.29, 0.717) is 5.82 Å². The van der Waals surface area contributed by atoms with E-state index in [0.717, 1.165) is 27.9 Å². The molecule has 4 nitrogen and oxygen atoms in total. The number of nitrogens with one attached hydrogen (secondary N) is 2. The van der Waals surface area contributed by atoms with Crippen LogP contribution in [-0.4, -0.2) is 15.2 Å². The van der Waals surface area contributed by atoms with Crippen molar-refractivity contribution in [3.63, 3.8) is 0 Å². The summed E-state index contributed by atoms with van der Waals surface area (Å²) < 4.78 is 13.3. The summed E-state index contributed by atoms with van der Waals surface area (Å²) in [5, 5.41) is 7.56. The molecule has 17 heavy (non-hydrogen) atoms. The Morgan fingerprint density at radius 2 is 2.12 bits per heavy atom. The van der Waals surface area contributed by atoms with Gasteiger partial charge in [0, 0.05) is 28.2 Å². The van der Waals surface area contributed by atoms with Gasteiger partial charge in [0.1, 0.15) is 11.6 Å². The van der Waals surface area contributed by atoms with E-state index < -0.39 is 0 Å². The highest BCUT2D eigenvalue weighted by atomic mass is 19.1. The molecule has 4 N–H and O–H groups in total. The van der Waals surface area contributed by atoms with Crippen LogP contribution >= 0.6 is 0 Å². The van der Waals surface area contributed by atoms with E-state index in [4.69, 9.17) is 5.73 Å². The predicted octanol–water partition coefficient (Wildman–Crippen LogP) is 2.59. The molecule has 0 aliphatic heterocycles. The van der Waals surface area contributed by atoms with Crippen LogP contribution in [0.4, 0.5) is 10.2 Å². The number of nitrogens with zero attached hydrogens (tertiary/aromatic N) is 1. The summed E-state index contributed by atoms with van der Waals surface area (Å²) in [6, 6.07) is 6.40. The number of benzene rings is 1. The highest BCUT2D eigenvalue weighted by Crippen LogP contribution is 2.31. The number of H-pyrrole nitrogens is 2. The second-order valence-corrected chi connectivity index (χ2v) is 4.02. The summed E-state index contributed by atoms with van der Waals surface area (Å²) >= 11 is 0. The third-order valence-corrected chi connectivity index (χ3v) is 2.82. The van der Waals surface area contributed by atoms with Crippen LogP contribution in [0.15, 0.2) is 24.3 Å². The zero-order valence-corrected chi connectivity index (χ0v) is 9.21. The van der Waals surface area contributed by atoms with Crippen molar-refractivity contribution in [1.29, 1.82) is 0 Å². The molecule has 0 aliphatic carbocycles. The molecule has 0 saturated carbocycles. The molecule has 0 saturated heterocycles. The van der Waals surface area contributed by atoms with Gasteiger partial charge in [-0.05, 0) is 25.1 Å². The zero-order valence-electron chi connectivity index (χ0n) is 9.21. The van der Waals surface area contributed by atoms with Crippen LogP contribution < -0.4 is 5.73 Å². The maximum atomic E-state index is 13.3. The minimum absolute atomic E-state index is 0.259. The van der Waals surface area contributed by atoms with E-state index in [1.807, 2.05) is 6.92 Å². The molecule has 0 amide bonds. The van der Waals surface area contributed by atoms with Crippen molar-refractivity contribution in [1.82, 2.24) is 15.2 Å². The third kappa shape index (κ3) is 1.47.